The van der Waals surface area contributed by atoms with E-state index in [0.29, 0.717) is 29.8 Å². The number of fused-ring (bicyclic) bond motifs is 1. The Morgan fingerprint density at radius 3 is 2.75 bits per heavy atom. The summed E-state index contributed by atoms with van der Waals surface area (Å²) in [5.41, 5.74) is 0.666. The van der Waals surface area contributed by atoms with Gasteiger partial charge in [0.05, 0.1) is 26.5 Å². The van der Waals surface area contributed by atoms with Gasteiger partial charge in [0.25, 0.3) is 0 Å². The number of hydrogen-bond acceptors (Lipinski definition) is 4. The molecule has 1 aromatic rings. The van der Waals surface area contributed by atoms with Crippen molar-refractivity contribution >= 4 is 11.6 Å². The summed E-state index contributed by atoms with van der Waals surface area (Å²) in [6.07, 6.45) is 7.74. The van der Waals surface area contributed by atoms with Crippen LogP contribution in [0.5, 0.6) is 11.5 Å². The van der Waals surface area contributed by atoms with E-state index >= 15 is 0 Å². The number of ether oxygens (including phenoxy) is 2. The van der Waals surface area contributed by atoms with Crippen LogP contribution in [0.15, 0.2) is 18.2 Å². The Kier molecular flexibility index (Phi) is 5.61. The Bertz CT molecular complexity index is 574. The number of hydrogen-bond donors (Lipinski definition) is 1. The van der Waals surface area contributed by atoms with Crippen molar-refractivity contribution in [3.63, 3.8) is 0 Å². The zero-order valence-electron chi connectivity index (χ0n) is 14.7. The van der Waals surface area contributed by atoms with Gasteiger partial charge < -0.3 is 14.8 Å². The minimum absolute atomic E-state index is 0.0211. The van der Waals surface area contributed by atoms with Crippen molar-refractivity contribution in [3.05, 3.63) is 18.2 Å². The highest BCUT2D eigenvalue weighted by atomic mass is 16.5. The molecule has 1 aromatic carbocycles. The minimum atomic E-state index is 0.0211. The van der Waals surface area contributed by atoms with Gasteiger partial charge in [0.1, 0.15) is 11.5 Å². The monoisotopic (exact) mass is 332 g/mol. The normalized spacial score (nSPS) is 24.1. The third kappa shape index (κ3) is 3.83. The molecule has 132 valence electrons. The van der Waals surface area contributed by atoms with E-state index in [4.69, 9.17) is 9.47 Å². The van der Waals surface area contributed by atoms with Crippen LogP contribution in [0.1, 0.15) is 38.5 Å². The third-order valence-corrected chi connectivity index (χ3v) is 5.39. The molecule has 0 radical (unpaired) electrons. The van der Waals surface area contributed by atoms with Gasteiger partial charge >= 0.3 is 0 Å². The van der Waals surface area contributed by atoms with E-state index in [-0.39, 0.29) is 5.91 Å². The molecule has 5 heteroatoms. The summed E-state index contributed by atoms with van der Waals surface area (Å²) in [7, 11) is 3.22. The number of rotatable bonds is 5. The highest BCUT2D eigenvalue weighted by Gasteiger charge is 2.33. The molecule has 1 N–H and O–H groups in total. The maximum atomic E-state index is 12.6. The highest BCUT2D eigenvalue weighted by Crippen LogP contribution is 2.35. The smallest absolute Gasteiger partial charge is 0.238 e. The lowest BCUT2D eigenvalue weighted by Crippen LogP contribution is -2.49. The number of carbonyl (C=O) groups excluding carboxylic acids is 1. The molecule has 1 aliphatic carbocycles. The SMILES string of the molecule is COc1ccc(OC)c(NC(=O)CN2CCC[C@H]3CCCC[C@@H]32)c1. The first-order valence-electron chi connectivity index (χ1n) is 8.97. The largest absolute Gasteiger partial charge is 0.497 e. The van der Waals surface area contributed by atoms with E-state index in [1.165, 1.54) is 38.5 Å². The summed E-state index contributed by atoms with van der Waals surface area (Å²) in [6.45, 7) is 1.49. The van der Waals surface area contributed by atoms with Crippen molar-refractivity contribution in [2.75, 3.05) is 32.6 Å². The number of likely N-dealkylation sites (tertiary alicyclic amines) is 1. The summed E-state index contributed by atoms with van der Waals surface area (Å²) < 4.78 is 10.6. The molecule has 2 fully saturated rings. The molecule has 3 rings (SSSR count). The average Bonchev–Trinajstić information content (AvgIpc) is 2.62. The van der Waals surface area contributed by atoms with Crippen LogP contribution in [-0.4, -0.2) is 44.2 Å². The maximum Gasteiger partial charge on any atom is 0.238 e. The molecule has 5 nitrogen and oxygen atoms in total. The lowest BCUT2D eigenvalue weighted by Gasteiger charge is -2.43. The van der Waals surface area contributed by atoms with E-state index in [0.717, 1.165) is 12.5 Å². The average molecular weight is 332 g/mol. The van der Waals surface area contributed by atoms with Crippen molar-refractivity contribution in [1.29, 1.82) is 0 Å². The fourth-order valence-electron chi connectivity index (χ4n) is 4.21. The van der Waals surface area contributed by atoms with Gasteiger partial charge in [-0.05, 0) is 50.3 Å². The van der Waals surface area contributed by atoms with Gasteiger partial charge in [0, 0.05) is 12.1 Å². The first-order chi connectivity index (χ1) is 11.7. The summed E-state index contributed by atoms with van der Waals surface area (Å²) in [5, 5.41) is 2.99. The van der Waals surface area contributed by atoms with Crippen LogP contribution in [0, 0.1) is 5.92 Å². The van der Waals surface area contributed by atoms with Crippen LogP contribution in [0.2, 0.25) is 0 Å². The molecule has 2 aliphatic rings. The van der Waals surface area contributed by atoms with Gasteiger partial charge in [-0.25, -0.2) is 0 Å². The van der Waals surface area contributed by atoms with Crippen LogP contribution in [0.25, 0.3) is 0 Å². The lowest BCUT2D eigenvalue weighted by molar-refractivity contribution is -0.118. The second-order valence-corrected chi connectivity index (χ2v) is 6.84. The van der Waals surface area contributed by atoms with Crippen LogP contribution in [0.4, 0.5) is 5.69 Å². The number of anilines is 1. The number of amides is 1. The predicted molar refractivity (Wildman–Crippen MR) is 94.7 cm³/mol. The molecule has 0 bridgehead atoms. The van der Waals surface area contributed by atoms with Crippen molar-refractivity contribution < 1.29 is 14.3 Å². The standard InChI is InChI=1S/C19H28N2O3/c1-23-15-9-10-18(24-2)16(12-15)20-19(22)13-21-11-5-7-14-6-3-4-8-17(14)21/h9-10,12,14,17H,3-8,11,13H2,1-2H3,(H,20,22)/t14-,17+/m1/s1. The molecule has 0 unspecified atom stereocenters. The molecule has 0 spiro atoms. The molecular weight excluding hydrogens is 304 g/mol. The minimum Gasteiger partial charge on any atom is -0.497 e. The van der Waals surface area contributed by atoms with Gasteiger partial charge in [0.15, 0.2) is 0 Å². The second kappa shape index (κ2) is 7.88. The van der Waals surface area contributed by atoms with Crippen LogP contribution in [0.3, 0.4) is 0 Å². The highest BCUT2D eigenvalue weighted by molar-refractivity contribution is 5.94. The third-order valence-electron chi connectivity index (χ3n) is 5.39. The number of carbonyl (C=O) groups is 1. The van der Waals surface area contributed by atoms with E-state index in [1.807, 2.05) is 12.1 Å². The molecule has 1 saturated heterocycles. The van der Waals surface area contributed by atoms with Crippen LogP contribution < -0.4 is 14.8 Å². The summed E-state index contributed by atoms with van der Waals surface area (Å²) in [6, 6.07) is 6.03. The zero-order chi connectivity index (χ0) is 16.9. The quantitative estimate of drug-likeness (QED) is 0.899. The number of piperidine rings is 1. The van der Waals surface area contributed by atoms with Crippen molar-refractivity contribution in [2.24, 2.45) is 5.92 Å². The molecule has 1 aliphatic heterocycles. The molecule has 2 atom stereocenters. The zero-order valence-corrected chi connectivity index (χ0v) is 14.7. The molecule has 1 amide bonds. The Labute approximate surface area is 144 Å². The van der Waals surface area contributed by atoms with Gasteiger partial charge in [-0.2, -0.15) is 0 Å². The Balaban J connectivity index is 1.65. The molecule has 1 heterocycles. The van der Waals surface area contributed by atoms with Crippen LogP contribution in [-0.2, 0) is 4.79 Å². The molecule has 1 saturated carbocycles. The van der Waals surface area contributed by atoms with Crippen molar-refractivity contribution in [2.45, 2.75) is 44.6 Å². The lowest BCUT2D eigenvalue weighted by atomic mass is 9.78. The van der Waals surface area contributed by atoms with Crippen molar-refractivity contribution in [3.8, 4) is 11.5 Å². The molecule has 0 aromatic heterocycles. The predicted octanol–water partition coefficient (Wildman–Crippen LogP) is 3.30. The summed E-state index contributed by atoms with van der Waals surface area (Å²) in [5.74, 6) is 2.16. The van der Waals surface area contributed by atoms with Gasteiger partial charge in [0.2, 0.25) is 5.91 Å². The first-order valence-corrected chi connectivity index (χ1v) is 8.97. The number of nitrogens with zero attached hydrogens (tertiary/aromatic N) is 1. The second-order valence-electron chi connectivity index (χ2n) is 6.84. The van der Waals surface area contributed by atoms with Crippen molar-refractivity contribution in [1.82, 2.24) is 4.90 Å². The van der Waals surface area contributed by atoms with E-state index in [1.54, 1.807) is 20.3 Å². The topological polar surface area (TPSA) is 50.8 Å². The number of nitrogens with one attached hydrogen (secondary N) is 1. The van der Waals surface area contributed by atoms with Crippen LogP contribution >= 0.6 is 0 Å². The summed E-state index contributed by atoms with van der Waals surface area (Å²) >= 11 is 0. The first kappa shape index (κ1) is 17.1. The Morgan fingerprint density at radius 2 is 1.96 bits per heavy atom. The molecular formula is C19H28N2O3. The number of benzene rings is 1. The Morgan fingerprint density at radius 1 is 1.17 bits per heavy atom. The molecule has 24 heavy (non-hydrogen) atoms. The fraction of sp³-hybridized carbons (Fsp3) is 0.632. The van der Waals surface area contributed by atoms with Gasteiger partial charge in [-0.1, -0.05) is 12.8 Å². The van der Waals surface area contributed by atoms with Gasteiger partial charge in [-0.3, -0.25) is 9.69 Å². The summed E-state index contributed by atoms with van der Waals surface area (Å²) in [4.78, 5) is 15.0. The van der Waals surface area contributed by atoms with E-state index < -0.39 is 0 Å². The van der Waals surface area contributed by atoms with E-state index in [2.05, 4.69) is 10.2 Å². The van der Waals surface area contributed by atoms with E-state index in [9.17, 15) is 4.79 Å². The fourth-order valence-corrected chi connectivity index (χ4v) is 4.21. The van der Waals surface area contributed by atoms with Gasteiger partial charge in [-0.15, -0.1) is 0 Å². The Hall–Kier alpha value is -1.75. The number of methoxy groups -OCH3 is 2. The maximum absolute atomic E-state index is 12.6.